The molecule has 4 nitrogen and oxygen atoms in total. The first-order valence-corrected chi connectivity index (χ1v) is 9.19. The van der Waals surface area contributed by atoms with Crippen molar-refractivity contribution < 1.29 is 19.4 Å². The Morgan fingerprint density at radius 1 is 0.962 bits per heavy atom. The number of benzene rings is 2. The molecule has 3 rings (SSSR count). The molecule has 3 aromatic rings. The Morgan fingerprint density at radius 3 is 2.04 bits per heavy atom. The third-order valence-electron chi connectivity index (χ3n) is 3.63. The molecule has 0 aliphatic rings. The third-order valence-corrected chi connectivity index (χ3v) is 4.89. The monoisotopic (exact) mass is 368 g/mol. The number of hydrogen-bond donors (Lipinski definition) is 1. The minimum Gasteiger partial charge on any atom is -0.503 e. The molecule has 0 aliphatic carbocycles. The third kappa shape index (κ3) is 4.06. The van der Waals surface area contributed by atoms with Crippen LogP contribution in [0.15, 0.2) is 60.7 Å². The van der Waals surface area contributed by atoms with E-state index in [1.165, 1.54) is 11.3 Å². The second kappa shape index (κ2) is 8.06. The minimum atomic E-state index is -0.816. The Hall–Kier alpha value is -2.79. The Labute approximate surface area is 156 Å². The van der Waals surface area contributed by atoms with Crippen molar-refractivity contribution in [3.8, 4) is 32.4 Å². The number of thiophene rings is 1. The first-order chi connectivity index (χ1) is 12.6. The van der Waals surface area contributed by atoms with Crippen molar-refractivity contribution in [1.82, 2.24) is 0 Å². The summed E-state index contributed by atoms with van der Waals surface area (Å²) < 4.78 is 10.5. The fourth-order valence-electron chi connectivity index (χ4n) is 2.41. The van der Waals surface area contributed by atoms with Gasteiger partial charge >= 0.3 is 6.16 Å². The molecule has 26 heavy (non-hydrogen) atoms. The largest absolute Gasteiger partial charge is 0.514 e. The highest BCUT2D eigenvalue weighted by atomic mass is 32.1. The van der Waals surface area contributed by atoms with Gasteiger partial charge in [0.15, 0.2) is 11.5 Å². The molecular formula is C21H20O4S. The predicted molar refractivity (Wildman–Crippen MR) is 104 cm³/mol. The van der Waals surface area contributed by atoms with Crippen molar-refractivity contribution >= 4 is 17.5 Å². The maximum Gasteiger partial charge on any atom is 0.514 e. The van der Waals surface area contributed by atoms with Crippen LogP contribution in [0.25, 0.3) is 20.9 Å². The van der Waals surface area contributed by atoms with E-state index in [0.717, 1.165) is 11.1 Å². The van der Waals surface area contributed by atoms with E-state index in [2.05, 4.69) is 0 Å². The van der Waals surface area contributed by atoms with Crippen LogP contribution in [-0.4, -0.2) is 17.9 Å². The van der Waals surface area contributed by atoms with E-state index < -0.39 is 6.16 Å². The quantitative estimate of drug-likeness (QED) is 0.565. The van der Waals surface area contributed by atoms with Crippen molar-refractivity contribution in [2.45, 2.75) is 13.8 Å². The Kier molecular flexibility index (Phi) is 5.58. The van der Waals surface area contributed by atoms with Crippen LogP contribution in [0, 0.1) is 5.92 Å². The molecule has 0 radical (unpaired) electrons. The molecule has 0 aliphatic heterocycles. The predicted octanol–water partition coefficient (Wildman–Crippen LogP) is 5.96. The van der Waals surface area contributed by atoms with Gasteiger partial charge in [0.1, 0.15) is 0 Å². The highest BCUT2D eigenvalue weighted by Gasteiger charge is 2.24. The van der Waals surface area contributed by atoms with E-state index in [1.54, 1.807) is 0 Å². The minimum absolute atomic E-state index is 0.0541. The van der Waals surface area contributed by atoms with Gasteiger partial charge in [-0.2, -0.15) is 0 Å². The molecule has 0 bridgehead atoms. The second-order valence-electron chi connectivity index (χ2n) is 6.23. The summed E-state index contributed by atoms with van der Waals surface area (Å²) in [7, 11) is 0. The van der Waals surface area contributed by atoms with E-state index in [0.29, 0.717) is 9.75 Å². The van der Waals surface area contributed by atoms with Crippen LogP contribution in [0.1, 0.15) is 13.8 Å². The summed E-state index contributed by atoms with van der Waals surface area (Å²) in [5, 5.41) is 10.7. The highest BCUT2D eigenvalue weighted by Crippen LogP contribution is 2.51. The van der Waals surface area contributed by atoms with Gasteiger partial charge in [-0.3, -0.25) is 0 Å². The smallest absolute Gasteiger partial charge is 0.503 e. The standard InChI is InChI=1S/C21H20O4S/c1-14(2)13-24-21(23)25-18-17(22)19(15-9-5-3-6-10-15)26-20(18)16-11-7-4-8-12-16/h3-12,14,22H,13H2,1-2H3. The van der Waals surface area contributed by atoms with Gasteiger partial charge in [0, 0.05) is 0 Å². The number of rotatable bonds is 5. The lowest BCUT2D eigenvalue weighted by Crippen LogP contribution is -2.14. The van der Waals surface area contributed by atoms with Crippen molar-refractivity contribution in [3.63, 3.8) is 0 Å². The van der Waals surface area contributed by atoms with E-state index in [4.69, 9.17) is 9.47 Å². The van der Waals surface area contributed by atoms with Gasteiger partial charge in [-0.25, -0.2) is 4.79 Å². The molecule has 0 spiro atoms. The van der Waals surface area contributed by atoms with Gasteiger partial charge in [0.05, 0.1) is 16.4 Å². The normalized spacial score (nSPS) is 10.7. The summed E-state index contributed by atoms with van der Waals surface area (Å²) in [5.41, 5.74) is 1.72. The average molecular weight is 368 g/mol. The van der Waals surface area contributed by atoms with Gasteiger partial charge in [-0.1, -0.05) is 74.5 Å². The van der Waals surface area contributed by atoms with Crippen molar-refractivity contribution in [3.05, 3.63) is 60.7 Å². The van der Waals surface area contributed by atoms with E-state index in [9.17, 15) is 9.90 Å². The maximum absolute atomic E-state index is 12.0. The van der Waals surface area contributed by atoms with Crippen LogP contribution in [-0.2, 0) is 4.74 Å². The van der Waals surface area contributed by atoms with Crippen LogP contribution in [0.4, 0.5) is 4.79 Å². The van der Waals surface area contributed by atoms with Crippen molar-refractivity contribution in [2.24, 2.45) is 5.92 Å². The summed E-state index contributed by atoms with van der Waals surface area (Å²) in [5.74, 6) is 0.280. The lowest BCUT2D eigenvalue weighted by Gasteiger charge is -2.09. The zero-order chi connectivity index (χ0) is 18.5. The summed E-state index contributed by atoms with van der Waals surface area (Å²) in [6.07, 6.45) is -0.816. The molecule has 0 saturated carbocycles. The van der Waals surface area contributed by atoms with E-state index in [1.807, 2.05) is 74.5 Å². The van der Waals surface area contributed by atoms with Crippen molar-refractivity contribution in [1.29, 1.82) is 0 Å². The molecule has 2 aromatic carbocycles. The SMILES string of the molecule is CC(C)COC(=O)Oc1c(-c2ccccc2)sc(-c2ccccc2)c1O. The van der Waals surface area contributed by atoms with Gasteiger partial charge < -0.3 is 14.6 Å². The van der Waals surface area contributed by atoms with Crippen molar-refractivity contribution in [2.75, 3.05) is 6.61 Å². The van der Waals surface area contributed by atoms with Crippen LogP contribution in [0.3, 0.4) is 0 Å². The Morgan fingerprint density at radius 2 is 1.50 bits per heavy atom. The zero-order valence-corrected chi connectivity index (χ0v) is 15.5. The first-order valence-electron chi connectivity index (χ1n) is 8.37. The Balaban J connectivity index is 2.00. The van der Waals surface area contributed by atoms with Crippen LogP contribution < -0.4 is 4.74 Å². The molecule has 1 heterocycles. The molecule has 5 heteroatoms. The summed E-state index contributed by atoms with van der Waals surface area (Å²) in [6.45, 7) is 4.15. The lowest BCUT2D eigenvalue weighted by atomic mass is 10.1. The maximum atomic E-state index is 12.0. The fourth-order valence-corrected chi connectivity index (χ4v) is 3.55. The topological polar surface area (TPSA) is 55.8 Å². The highest BCUT2D eigenvalue weighted by molar-refractivity contribution is 7.19. The molecule has 0 unspecified atom stereocenters. The van der Waals surface area contributed by atoms with Crippen LogP contribution in [0.5, 0.6) is 11.5 Å². The first kappa shape index (κ1) is 18.0. The van der Waals surface area contributed by atoms with E-state index in [-0.39, 0.29) is 24.0 Å². The number of carbonyl (C=O) groups is 1. The molecule has 134 valence electrons. The molecule has 0 amide bonds. The van der Waals surface area contributed by atoms with Crippen LogP contribution in [0.2, 0.25) is 0 Å². The number of ether oxygens (including phenoxy) is 2. The number of hydrogen-bond acceptors (Lipinski definition) is 5. The number of carbonyl (C=O) groups excluding carboxylic acids is 1. The van der Waals surface area contributed by atoms with Crippen LogP contribution >= 0.6 is 11.3 Å². The molecule has 1 aromatic heterocycles. The molecule has 1 N–H and O–H groups in total. The summed E-state index contributed by atoms with van der Waals surface area (Å²) in [6, 6.07) is 19.0. The van der Waals surface area contributed by atoms with Gasteiger partial charge in [-0.15, -0.1) is 11.3 Å². The lowest BCUT2D eigenvalue weighted by molar-refractivity contribution is 0.0879. The van der Waals surface area contributed by atoms with E-state index >= 15 is 0 Å². The summed E-state index contributed by atoms with van der Waals surface area (Å²) >= 11 is 1.38. The fraction of sp³-hybridized carbons (Fsp3) is 0.190. The summed E-state index contributed by atoms with van der Waals surface area (Å²) in [4.78, 5) is 13.4. The molecule has 0 atom stereocenters. The number of aromatic hydroxyl groups is 1. The van der Waals surface area contributed by atoms with Gasteiger partial charge in [0.25, 0.3) is 0 Å². The molecule has 0 saturated heterocycles. The average Bonchev–Trinajstić information content (AvgIpc) is 2.98. The van der Waals surface area contributed by atoms with Gasteiger partial charge in [-0.05, 0) is 17.0 Å². The molecular weight excluding hydrogens is 348 g/mol. The van der Waals surface area contributed by atoms with Gasteiger partial charge in [0.2, 0.25) is 0 Å². The zero-order valence-electron chi connectivity index (χ0n) is 14.6. The second-order valence-corrected chi connectivity index (χ2v) is 7.25. The molecule has 0 fully saturated rings. The Bertz CT molecular complexity index is 870.